The van der Waals surface area contributed by atoms with E-state index in [4.69, 9.17) is 11.6 Å². The number of carbonyl (C=O) groups is 1. The molecule has 3 aromatic rings. The van der Waals surface area contributed by atoms with Gasteiger partial charge >= 0.3 is 5.97 Å². The molecule has 3 rings (SSSR count). The Balaban J connectivity index is 1.72. The van der Waals surface area contributed by atoms with Gasteiger partial charge in [0.05, 0.1) is 12.2 Å². The van der Waals surface area contributed by atoms with Crippen LogP contribution in [-0.2, 0) is 30.7 Å². The SMILES string of the molecule is CCCCc1ncc(CN[C@H](CCc2ccccc2)C(=O)O)n1Cc1ccccc1Cl. The van der Waals surface area contributed by atoms with E-state index in [1.165, 1.54) is 0 Å². The zero-order valence-electron chi connectivity index (χ0n) is 17.9. The van der Waals surface area contributed by atoms with Crippen molar-refractivity contribution in [2.75, 3.05) is 0 Å². The maximum Gasteiger partial charge on any atom is 0.320 e. The van der Waals surface area contributed by atoms with Gasteiger partial charge in [-0.05, 0) is 36.5 Å². The van der Waals surface area contributed by atoms with E-state index in [0.29, 0.717) is 25.9 Å². The molecular formula is C25H30ClN3O2. The fraction of sp³-hybridized carbons (Fsp3) is 0.360. The van der Waals surface area contributed by atoms with Crippen LogP contribution < -0.4 is 5.32 Å². The van der Waals surface area contributed by atoms with Crippen LogP contribution in [0.1, 0.15) is 48.8 Å². The van der Waals surface area contributed by atoms with Crippen molar-refractivity contribution in [2.24, 2.45) is 0 Å². The summed E-state index contributed by atoms with van der Waals surface area (Å²) in [6.45, 7) is 3.22. The number of nitrogens with one attached hydrogen (secondary N) is 1. The maximum absolute atomic E-state index is 11.8. The second kappa shape index (κ2) is 11.7. The van der Waals surface area contributed by atoms with Gasteiger partial charge in [-0.15, -0.1) is 0 Å². The fourth-order valence-electron chi connectivity index (χ4n) is 3.62. The molecule has 0 aliphatic rings. The first-order valence-corrected chi connectivity index (χ1v) is 11.2. The molecule has 5 nitrogen and oxygen atoms in total. The van der Waals surface area contributed by atoms with Gasteiger partial charge in [-0.3, -0.25) is 10.1 Å². The van der Waals surface area contributed by atoms with E-state index < -0.39 is 12.0 Å². The number of unbranched alkanes of at least 4 members (excludes halogenated alkanes) is 1. The molecule has 0 spiro atoms. The predicted octanol–water partition coefficient (Wildman–Crippen LogP) is 5.10. The zero-order valence-corrected chi connectivity index (χ0v) is 18.7. The van der Waals surface area contributed by atoms with Crippen molar-refractivity contribution < 1.29 is 9.90 Å². The van der Waals surface area contributed by atoms with Gasteiger partial charge < -0.3 is 9.67 Å². The number of aromatic nitrogens is 2. The summed E-state index contributed by atoms with van der Waals surface area (Å²) in [5.74, 6) is 0.175. The molecule has 0 unspecified atom stereocenters. The molecule has 1 atom stereocenters. The lowest BCUT2D eigenvalue weighted by atomic mass is 10.1. The Bertz CT molecular complexity index is 972. The van der Waals surface area contributed by atoms with Crippen LogP contribution >= 0.6 is 11.6 Å². The van der Waals surface area contributed by atoms with Crippen molar-refractivity contribution in [3.63, 3.8) is 0 Å². The highest BCUT2D eigenvalue weighted by atomic mass is 35.5. The van der Waals surface area contributed by atoms with Gasteiger partial charge in [-0.2, -0.15) is 0 Å². The van der Waals surface area contributed by atoms with Crippen molar-refractivity contribution in [2.45, 2.75) is 58.2 Å². The van der Waals surface area contributed by atoms with Gasteiger partial charge in [0.2, 0.25) is 0 Å². The number of nitrogens with zero attached hydrogens (tertiary/aromatic N) is 2. The number of hydrogen-bond donors (Lipinski definition) is 2. The lowest BCUT2D eigenvalue weighted by Crippen LogP contribution is -2.37. The van der Waals surface area contributed by atoms with Gasteiger partial charge in [-0.25, -0.2) is 4.98 Å². The van der Waals surface area contributed by atoms with Crippen LogP contribution in [0.2, 0.25) is 5.02 Å². The molecule has 2 N–H and O–H groups in total. The molecule has 1 heterocycles. The number of rotatable bonds is 12. The summed E-state index contributed by atoms with van der Waals surface area (Å²) in [5.41, 5.74) is 3.14. The van der Waals surface area contributed by atoms with Crippen molar-refractivity contribution in [3.05, 3.63) is 88.5 Å². The minimum atomic E-state index is -0.834. The van der Waals surface area contributed by atoms with E-state index in [1.54, 1.807) is 0 Å². The molecule has 1 aromatic heterocycles. The average Bonchev–Trinajstić information content (AvgIpc) is 3.15. The standard InChI is InChI=1S/C25H30ClN3O2/c1-2-3-13-24-28-17-21(29(24)18-20-11-7-8-12-22(20)26)16-27-23(25(30)31)15-14-19-9-5-4-6-10-19/h4-12,17,23,27H,2-3,13-16,18H2,1H3,(H,30,31)/t23-/m1/s1. The number of carboxylic acids is 1. The Labute approximate surface area is 189 Å². The van der Waals surface area contributed by atoms with E-state index in [1.807, 2.05) is 60.8 Å². The van der Waals surface area contributed by atoms with E-state index in [9.17, 15) is 9.90 Å². The number of halogens is 1. The molecule has 0 saturated carbocycles. The monoisotopic (exact) mass is 439 g/mol. The summed E-state index contributed by atoms with van der Waals surface area (Å²) < 4.78 is 2.17. The molecular weight excluding hydrogens is 410 g/mol. The number of benzene rings is 2. The third-order valence-electron chi connectivity index (χ3n) is 5.45. The van der Waals surface area contributed by atoms with Crippen LogP contribution in [0.4, 0.5) is 0 Å². The highest BCUT2D eigenvalue weighted by molar-refractivity contribution is 6.31. The number of aliphatic carboxylic acids is 1. The second-order valence-corrected chi connectivity index (χ2v) is 8.15. The summed E-state index contributed by atoms with van der Waals surface area (Å²) in [6, 6.07) is 17.2. The van der Waals surface area contributed by atoms with Crippen LogP contribution in [-0.4, -0.2) is 26.7 Å². The summed E-state index contributed by atoms with van der Waals surface area (Å²) in [6.07, 6.45) is 6.13. The normalized spacial score (nSPS) is 12.1. The Hall–Kier alpha value is -2.63. The van der Waals surface area contributed by atoms with Crippen LogP contribution in [0.3, 0.4) is 0 Å². The second-order valence-electron chi connectivity index (χ2n) is 7.74. The van der Waals surface area contributed by atoms with Gasteiger partial charge in [0.25, 0.3) is 0 Å². The van der Waals surface area contributed by atoms with Gasteiger partial charge in [0.15, 0.2) is 0 Å². The van der Waals surface area contributed by atoms with E-state index in [2.05, 4.69) is 21.8 Å². The summed E-state index contributed by atoms with van der Waals surface area (Å²) in [5, 5.41) is 13.6. The Morgan fingerprint density at radius 3 is 2.58 bits per heavy atom. The molecule has 6 heteroatoms. The molecule has 0 aliphatic heterocycles. The van der Waals surface area contributed by atoms with Crippen LogP contribution in [0.25, 0.3) is 0 Å². The van der Waals surface area contributed by atoms with Crippen molar-refractivity contribution >= 4 is 17.6 Å². The third kappa shape index (κ3) is 6.68. The Kier molecular flexibility index (Phi) is 8.68. The molecule has 31 heavy (non-hydrogen) atoms. The third-order valence-corrected chi connectivity index (χ3v) is 5.82. The highest BCUT2D eigenvalue weighted by Crippen LogP contribution is 2.19. The minimum Gasteiger partial charge on any atom is -0.480 e. The number of aryl methyl sites for hydroxylation is 2. The summed E-state index contributed by atoms with van der Waals surface area (Å²) in [4.78, 5) is 16.4. The molecule has 0 aliphatic carbocycles. The average molecular weight is 440 g/mol. The van der Waals surface area contributed by atoms with E-state index >= 15 is 0 Å². The first-order valence-electron chi connectivity index (χ1n) is 10.8. The molecule has 0 fully saturated rings. The first-order chi connectivity index (χ1) is 15.1. The number of carboxylic acid groups (broad SMARTS) is 1. The quantitative estimate of drug-likeness (QED) is 0.412. The predicted molar refractivity (Wildman–Crippen MR) is 124 cm³/mol. The van der Waals surface area contributed by atoms with Crippen LogP contribution in [0, 0.1) is 0 Å². The lowest BCUT2D eigenvalue weighted by molar-refractivity contribution is -0.139. The van der Waals surface area contributed by atoms with Gasteiger partial charge in [-0.1, -0.05) is 73.5 Å². The van der Waals surface area contributed by atoms with Crippen molar-refractivity contribution in [3.8, 4) is 0 Å². The molecule has 0 radical (unpaired) electrons. The topological polar surface area (TPSA) is 67.2 Å². The number of hydrogen-bond acceptors (Lipinski definition) is 3. The summed E-state index contributed by atoms with van der Waals surface area (Å²) >= 11 is 6.39. The highest BCUT2D eigenvalue weighted by Gasteiger charge is 2.19. The molecule has 0 amide bonds. The van der Waals surface area contributed by atoms with E-state index in [0.717, 1.165) is 46.9 Å². The molecule has 0 saturated heterocycles. The number of imidazole rings is 1. The van der Waals surface area contributed by atoms with E-state index in [-0.39, 0.29) is 0 Å². The Morgan fingerprint density at radius 1 is 1.13 bits per heavy atom. The van der Waals surface area contributed by atoms with Crippen molar-refractivity contribution in [1.82, 2.24) is 14.9 Å². The maximum atomic E-state index is 11.8. The zero-order chi connectivity index (χ0) is 22.1. The Morgan fingerprint density at radius 2 is 1.87 bits per heavy atom. The van der Waals surface area contributed by atoms with Crippen molar-refractivity contribution in [1.29, 1.82) is 0 Å². The molecule has 0 bridgehead atoms. The fourth-order valence-corrected chi connectivity index (χ4v) is 3.81. The molecule has 164 valence electrons. The first kappa shape index (κ1) is 23.0. The largest absolute Gasteiger partial charge is 0.480 e. The minimum absolute atomic E-state index is 0.440. The van der Waals surface area contributed by atoms with Gasteiger partial charge in [0, 0.05) is 24.2 Å². The molecule has 2 aromatic carbocycles. The summed E-state index contributed by atoms with van der Waals surface area (Å²) in [7, 11) is 0. The lowest BCUT2D eigenvalue weighted by Gasteiger charge is -2.17. The van der Waals surface area contributed by atoms with Crippen LogP contribution in [0.5, 0.6) is 0 Å². The smallest absolute Gasteiger partial charge is 0.320 e. The van der Waals surface area contributed by atoms with Gasteiger partial charge in [0.1, 0.15) is 11.9 Å². The van der Waals surface area contributed by atoms with Crippen LogP contribution in [0.15, 0.2) is 60.8 Å².